The zero-order valence-corrected chi connectivity index (χ0v) is 12.9. The van der Waals surface area contributed by atoms with Crippen molar-refractivity contribution >= 4 is 11.0 Å². The van der Waals surface area contributed by atoms with Gasteiger partial charge < -0.3 is 9.52 Å². The quantitative estimate of drug-likeness (QED) is 0.720. The SMILES string of the molecule is CC(C)(C)c1ccc(-c2cc(=O)c3ccc(O)cc3o2)cc1. The van der Waals surface area contributed by atoms with Crippen LogP contribution in [-0.4, -0.2) is 5.11 Å². The van der Waals surface area contributed by atoms with Gasteiger partial charge in [-0.05, 0) is 23.1 Å². The Labute approximate surface area is 128 Å². The highest BCUT2D eigenvalue weighted by Gasteiger charge is 2.14. The van der Waals surface area contributed by atoms with E-state index in [1.165, 1.54) is 23.8 Å². The molecule has 0 saturated carbocycles. The van der Waals surface area contributed by atoms with Gasteiger partial charge in [-0.3, -0.25) is 4.79 Å². The van der Waals surface area contributed by atoms with Crippen molar-refractivity contribution in [3.05, 3.63) is 64.3 Å². The molecule has 0 aliphatic heterocycles. The molecule has 0 atom stereocenters. The van der Waals surface area contributed by atoms with Crippen LogP contribution in [0.15, 0.2) is 57.7 Å². The molecule has 3 rings (SSSR count). The van der Waals surface area contributed by atoms with Gasteiger partial charge in [-0.2, -0.15) is 0 Å². The molecule has 0 amide bonds. The van der Waals surface area contributed by atoms with Gasteiger partial charge >= 0.3 is 0 Å². The van der Waals surface area contributed by atoms with E-state index in [9.17, 15) is 9.90 Å². The summed E-state index contributed by atoms with van der Waals surface area (Å²) in [6.07, 6.45) is 0. The van der Waals surface area contributed by atoms with Gasteiger partial charge in [0.05, 0.1) is 5.39 Å². The topological polar surface area (TPSA) is 50.4 Å². The molecule has 112 valence electrons. The number of hydrogen-bond acceptors (Lipinski definition) is 3. The van der Waals surface area contributed by atoms with E-state index in [1.54, 1.807) is 6.07 Å². The minimum Gasteiger partial charge on any atom is -0.508 e. The van der Waals surface area contributed by atoms with Crippen LogP contribution in [0.25, 0.3) is 22.3 Å². The number of benzene rings is 2. The Morgan fingerprint density at radius 3 is 2.27 bits per heavy atom. The maximum absolute atomic E-state index is 12.2. The average molecular weight is 294 g/mol. The number of aromatic hydroxyl groups is 1. The second-order valence-corrected chi connectivity index (χ2v) is 6.48. The molecule has 22 heavy (non-hydrogen) atoms. The molecule has 0 saturated heterocycles. The molecule has 2 aromatic carbocycles. The van der Waals surface area contributed by atoms with Crippen molar-refractivity contribution in [1.82, 2.24) is 0 Å². The first kappa shape index (κ1) is 14.4. The van der Waals surface area contributed by atoms with E-state index < -0.39 is 0 Å². The molecular formula is C19H18O3. The summed E-state index contributed by atoms with van der Waals surface area (Å²) in [6.45, 7) is 6.46. The summed E-state index contributed by atoms with van der Waals surface area (Å²) in [6, 6.07) is 14.0. The lowest BCUT2D eigenvalue weighted by Crippen LogP contribution is -2.10. The first-order valence-corrected chi connectivity index (χ1v) is 7.22. The van der Waals surface area contributed by atoms with Gasteiger partial charge in [0.15, 0.2) is 5.43 Å². The monoisotopic (exact) mass is 294 g/mol. The molecule has 0 spiro atoms. The van der Waals surface area contributed by atoms with Gasteiger partial charge in [0.25, 0.3) is 0 Å². The summed E-state index contributed by atoms with van der Waals surface area (Å²) in [4.78, 5) is 12.2. The van der Waals surface area contributed by atoms with Gasteiger partial charge in [-0.25, -0.2) is 0 Å². The van der Waals surface area contributed by atoms with Gasteiger partial charge in [-0.15, -0.1) is 0 Å². The fourth-order valence-electron chi connectivity index (χ4n) is 2.42. The van der Waals surface area contributed by atoms with Crippen molar-refractivity contribution in [2.75, 3.05) is 0 Å². The van der Waals surface area contributed by atoms with Gasteiger partial charge in [0, 0.05) is 17.7 Å². The normalized spacial score (nSPS) is 11.8. The molecule has 0 fully saturated rings. The fraction of sp³-hybridized carbons (Fsp3) is 0.211. The second kappa shape index (κ2) is 5.02. The van der Waals surface area contributed by atoms with Gasteiger partial charge in [0.2, 0.25) is 0 Å². The molecule has 1 aromatic heterocycles. The molecule has 0 bridgehead atoms. The van der Waals surface area contributed by atoms with Crippen molar-refractivity contribution < 1.29 is 9.52 Å². The summed E-state index contributed by atoms with van der Waals surface area (Å²) in [7, 11) is 0. The summed E-state index contributed by atoms with van der Waals surface area (Å²) in [5.41, 5.74) is 2.42. The maximum Gasteiger partial charge on any atom is 0.193 e. The van der Waals surface area contributed by atoms with Crippen molar-refractivity contribution in [1.29, 1.82) is 0 Å². The van der Waals surface area contributed by atoms with E-state index in [2.05, 4.69) is 20.8 Å². The van der Waals surface area contributed by atoms with E-state index in [0.29, 0.717) is 16.7 Å². The van der Waals surface area contributed by atoms with Crippen LogP contribution in [-0.2, 0) is 5.41 Å². The standard InChI is InChI=1S/C19H18O3/c1-19(2,3)13-6-4-12(5-7-13)17-11-16(21)15-9-8-14(20)10-18(15)22-17/h4-11,20H,1-3H3. The molecule has 0 radical (unpaired) electrons. The number of phenols is 1. The first-order chi connectivity index (χ1) is 10.3. The van der Waals surface area contributed by atoms with E-state index >= 15 is 0 Å². The predicted molar refractivity (Wildman–Crippen MR) is 88.3 cm³/mol. The Bertz CT molecular complexity index is 881. The third-order valence-corrected chi connectivity index (χ3v) is 3.75. The Hall–Kier alpha value is -2.55. The third kappa shape index (κ3) is 2.62. The highest BCUT2D eigenvalue weighted by atomic mass is 16.3. The summed E-state index contributed by atoms with van der Waals surface area (Å²) in [5, 5.41) is 10.0. The van der Waals surface area contributed by atoms with E-state index in [1.807, 2.05) is 24.3 Å². The van der Waals surface area contributed by atoms with E-state index in [0.717, 1.165) is 5.56 Å². The minimum absolute atomic E-state index is 0.0779. The number of rotatable bonds is 1. The van der Waals surface area contributed by atoms with Crippen LogP contribution in [0.2, 0.25) is 0 Å². The third-order valence-electron chi connectivity index (χ3n) is 3.75. The molecule has 3 heteroatoms. The summed E-state index contributed by atoms with van der Waals surface area (Å²) >= 11 is 0. The zero-order valence-electron chi connectivity index (χ0n) is 12.9. The number of hydrogen-bond donors (Lipinski definition) is 1. The largest absolute Gasteiger partial charge is 0.508 e. The molecule has 3 aromatic rings. The smallest absolute Gasteiger partial charge is 0.193 e. The van der Waals surface area contributed by atoms with Crippen LogP contribution in [0, 0.1) is 0 Å². The second-order valence-electron chi connectivity index (χ2n) is 6.48. The molecule has 0 aliphatic carbocycles. The van der Waals surface area contributed by atoms with Crippen molar-refractivity contribution in [3.8, 4) is 17.1 Å². The van der Waals surface area contributed by atoms with E-state index in [4.69, 9.17) is 4.42 Å². The van der Waals surface area contributed by atoms with Crippen molar-refractivity contribution in [2.24, 2.45) is 0 Å². The predicted octanol–water partition coefficient (Wildman–Crippen LogP) is 4.46. The molecule has 1 heterocycles. The maximum atomic E-state index is 12.2. The van der Waals surface area contributed by atoms with Crippen LogP contribution in [0.4, 0.5) is 0 Å². The lowest BCUT2D eigenvalue weighted by Gasteiger charge is -2.19. The number of fused-ring (bicyclic) bond motifs is 1. The van der Waals surface area contributed by atoms with E-state index in [-0.39, 0.29) is 16.6 Å². The molecule has 0 aliphatic rings. The van der Waals surface area contributed by atoms with Crippen molar-refractivity contribution in [2.45, 2.75) is 26.2 Å². The average Bonchev–Trinajstić information content (AvgIpc) is 2.46. The highest BCUT2D eigenvalue weighted by molar-refractivity contribution is 5.80. The molecule has 1 N–H and O–H groups in total. The Morgan fingerprint density at radius 1 is 0.955 bits per heavy atom. The number of phenolic OH excluding ortho intramolecular Hbond substituents is 1. The van der Waals surface area contributed by atoms with Crippen LogP contribution in [0.1, 0.15) is 26.3 Å². The minimum atomic E-state index is -0.115. The molecule has 3 nitrogen and oxygen atoms in total. The lowest BCUT2D eigenvalue weighted by molar-refractivity contribution is 0.474. The highest BCUT2D eigenvalue weighted by Crippen LogP contribution is 2.27. The Balaban J connectivity index is 2.12. The van der Waals surface area contributed by atoms with Crippen LogP contribution < -0.4 is 5.43 Å². The summed E-state index contributed by atoms with van der Waals surface area (Å²) < 4.78 is 5.77. The van der Waals surface area contributed by atoms with Gasteiger partial charge in [-0.1, -0.05) is 45.0 Å². The molecule has 0 unspecified atom stereocenters. The van der Waals surface area contributed by atoms with Crippen LogP contribution in [0.3, 0.4) is 0 Å². The lowest BCUT2D eigenvalue weighted by atomic mass is 9.86. The Morgan fingerprint density at radius 2 is 1.64 bits per heavy atom. The van der Waals surface area contributed by atoms with Gasteiger partial charge in [0.1, 0.15) is 17.1 Å². The van der Waals surface area contributed by atoms with Crippen LogP contribution >= 0.6 is 0 Å². The van der Waals surface area contributed by atoms with Crippen LogP contribution in [0.5, 0.6) is 5.75 Å². The Kier molecular flexibility index (Phi) is 3.28. The first-order valence-electron chi connectivity index (χ1n) is 7.22. The fourth-order valence-corrected chi connectivity index (χ4v) is 2.42. The zero-order chi connectivity index (χ0) is 15.9. The summed E-state index contributed by atoms with van der Waals surface area (Å²) in [5.74, 6) is 0.583. The van der Waals surface area contributed by atoms with Crippen molar-refractivity contribution in [3.63, 3.8) is 0 Å². The molecular weight excluding hydrogens is 276 g/mol.